The van der Waals surface area contributed by atoms with Gasteiger partial charge in [0.25, 0.3) is 10.0 Å². The molecule has 0 saturated heterocycles. The molecular weight excluding hydrogens is 334 g/mol. The van der Waals surface area contributed by atoms with Crippen LogP contribution in [-0.2, 0) is 16.4 Å². The number of rotatable bonds is 4. The van der Waals surface area contributed by atoms with E-state index in [0.717, 1.165) is 24.2 Å². The molecule has 0 spiro atoms. The third kappa shape index (κ3) is 3.51. The van der Waals surface area contributed by atoms with Gasteiger partial charge in [0.15, 0.2) is 0 Å². The number of thioether (sulfide) groups is 1. The Morgan fingerprint density at radius 2 is 1.87 bits per heavy atom. The van der Waals surface area contributed by atoms with Gasteiger partial charge in [-0.1, -0.05) is 0 Å². The van der Waals surface area contributed by atoms with Gasteiger partial charge in [-0.05, 0) is 66.6 Å². The van der Waals surface area contributed by atoms with Crippen molar-refractivity contribution in [3.8, 4) is 0 Å². The first-order chi connectivity index (χ1) is 11.0. The van der Waals surface area contributed by atoms with Crippen LogP contribution in [0.5, 0.6) is 0 Å². The summed E-state index contributed by atoms with van der Waals surface area (Å²) in [5.74, 6) is 0.00247. The third-order valence-electron chi connectivity index (χ3n) is 3.57. The number of carboxylic acid groups (broad SMARTS) is 1. The lowest BCUT2D eigenvalue weighted by atomic mass is 10.1. The number of carbonyl (C=O) groups is 1. The van der Waals surface area contributed by atoms with E-state index in [2.05, 4.69) is 4.72 Å². The molecule has 0 unspecified atom stereocenters. The van der Waals surface area contributed by atoms with E-state index in [0.29, 0.717) is 5.69 Å². The van der Waals surface area contributed by atoms with Crippen LogP contribution in [-0.4, -0.2) is 25.2 Å². The number of aromatic carboxylic acids is 1. The second kappa shape index (κ2) is 6.25. The molecule has 0 radical (unpaired) electrons. The summed E-state index contributed by atoms with van der Waals surface area (Å²) < 4.78 is 27.3. The van der Waals surface area contributed by atoms with Gasteiger partial charge in [0, 0.05) is 10.6 Å². The molecule has 0 atom stereocenters. The van der Waals surface area contributed by atoms with Crippen molar-refractivity contribution in [3.05, 3.63) is 53.6 Å². The molecule has 0 fully saturated rings. The number of benzene rings is 2. The zero-order valence-electron chi connectivity index (χ0n) is 12.2. The second-order valence-corrected chi connectivity index (χ2v) is 8.03. The quantitative estimate of drug-likeness (QED) is 0.885. The number of anilines is 1. The van der Waals surface area contributed by atoms with E-state index in [1.807, 2.05) is 12.1 Å². The molecule has 0 amide bonds. The minimum Gasteiger partial charge on any atom is -0.478 e. The summed E-state index contributed by atoms with van der Waals surface area (Å²) in [6.45, 7) is 0. The van der Waals surface area contributed by atoms with Gasteiger partial charge in [-0.25, -0.2) is 13.2 Å². The molecule has 2 aromatic rings. The van der Waals surface area contributed by atoms with E-state index in [9.17, 15) is 13.2 Å². The highest BCUT2D eigenvalue weighted by molar-refractivity contribution is 7.99. The Labute approximate surface area is 138 Å². The predicted molar refractivity (Wildman–Crippen MR) is 89.7 cm³/mol. The van der Waals surface area contributed by atoms with Crippen LogP contribution in [0.2, 0.25) is 0 Å². The van der Waals surface area contributed by atoms with Crippen LogP contribution in [0.1, 0.15) is 22.3 Å². The maximum atomic E-state index is 12.4. The predicted octanol–water partition coefficient (Wildman–Crippen LogP) is 3.22. The van der Waals surface area contributed by atoms with Gasteiger partial charge in [-0.2, -0.15) is 0 Å². The highest BCUT2D eigenvalue weighted by Gasteiger charge is 2.17. The SMILES string of the molecule is O=C(O)c1ccc(S(=O)(=O)Nc2ccc3c(c2)CCCS3)cc1. The van der Waals surface area contributed by atoms with Crippen LogP contribution in [0.25, 0.3) is 0 Å². The Kier molecular flexibility index (Phi) is 4.32. The summed E-state index contributed by atoms with van der Waals surface area (Å²) in [7, 11) is -3.73. The van der Waals surface area contributed by atoms with E-state index in [-0.39, 0.29) is 10.5 Å². The van der Waals surface area contributed by atoms with Crippen LogP contribution < -0.4 is 4.72 Å². The lowest BCUT2D eigenvalue weighted by molar-refractivity contribution is 0.0696. The van der Waals surface area contributed by atoms with Gasteiger partial charge in [-0.15, -0.1) is 11.8 Å². The Morgan fingerprint density at radius 1 is 1.13 bits per heavy atom. The largest absolute Gasteiger partial charge is 0.478 e. The molecule has 0 aliphatic carbocycles. The highest BCUT2D eigenvalue weighted by Crippen LogP contribution is 2.32. The Bertz CT molecular complexity index is 845. The van der Waals surface area contributed by atoms with Gasteiger partial charge < -0.3 is 5.11 Å². The lowest BCUT2D eigenvalue weighted by Gasteiger charge is -2.16. The smallest absolute Gasteiger partial charge is 0.335 e. The van der Waals surface area contributed by atoms with Crippen molar-refractivity contribution in [2.75, 3.05) is 10.5 Å². The van der Waals surface area contributed by atoms with E-state index >= 15 is 0 Å². The minimum atomic E-state index is -3.73. The zero-order valence-corrected chi connectivity index (χ0v) is 13.8. The molecule has 7 heteroatoms. The minimum absolute atomic E-state index is 0.0367. The molecule has 1 heterocycles. The van der Waals surface area contributed by atoms with Gasteiger partial charge in [0.05, 0.1) is 10.5 Å². The van der Waals surface area contributed by atoms with Crippen molar-refractivity contribution in [3.63, 3.8) is 0 Å². The maximum Gasteiger partial charge on any atom is 0.335 e. The monoisotopic (exact) mass is 349 g/mol. The van der Waals surface area contributed by atoms with E-state index < -0.39 is 16.0 Å². The number of nitrogens with one attached hydrogen (secondary N) is 1. The van der Waals surface area contributed by atoms with Crippen LogP contribution in [0.3, 0.4) is 0 Å². The molecule has 5 nitrogen and oxygen atoms in total. The molecule has 0 bridgehead atoms. The number of hydrogen-bond acceptors (Lipinski definition) is 4. The number of carboxylic acids is 1. The summed E-state index contributed by atoms with van der Waals surface area (Å²) in [5.41, 5.74) is 1.73. The van der Waals surface area contributed by atoms with Crippen molar-refractivity contribution in [2.45, 2.75) is 22.6 Å². The molecule has 1 aliphatic heterocycles. The van der Waals surface area contributed by atoms with E-state index in [1.54, 1.807) is 17.8 Å². The average Bonchev–Trinajstić information content (AvgIpc) is 2.54. The van der Waals surface area contributed by atoms with Crippen molar-refractivity contribution in [1.82, 2.24) is 0 Å². The van der Waals surface area contributed by atoms with Crippen LogP contribution in [0.15, 0.2) is 52.3 Å². The molecular formula is C16H15NO4S2. The van der Waals surface area contributed by atoms with Crippen LogP contribution >= 0.6 is 11.8 Å². The highest BCUT2D eigenvalue weighted by atomic mass is 32.2. The number of hydrogen-bond donors (Lipinski definition) is 2. The molecule has 0 aromatic heterocycles. The van der Waals surface area contributed by atoms with Gasteiger partial charge >= 0.3 is 5.97 Å². The molecule has 2 aromatic carbocycles. The van der Waals surface area contributed by atoms with Gasteiger partial charge in [0.2, 0.25) is 0 Å². The second-order valence-electron chi connectivity index (χ2n) is 5.21. The molecule has 23 heavy (non-hydrogen) atoms. The summed E-state index contributed by atoms with van der Waals surface area (Å²) in [4.78, 5) is 12.1. The van der Waals surface area contributed by atoms with Crippen molar-refractivity contribution >= 4 is 33.4 Å². The third-order valence-corrected chi connectivity index (χ3v) is 6.17. The molecule has 2 N–H and O–H groups in total. The molecule has 120 valence electrons. The van der Waals surface area contributed by atoms with Crippen LogP contribution in [0.4, 0.5) is 5.69 Å². The van der Waals surface area contributed by atoms with E-state index in [4.69, 9.17) is 5.11 Å². The molecule has 1 aliphatic rings. The lowest BCUT2D eigenvalue weighted by Crippen LogP contribution is -2.13. The van der Waals surface area contributed by atoms with Crippen LogP contribution in [0, 0.1) is 0 Å². The van der Waals surface area contributed by atoms with E-state index in [1.165, 1.54) is 29.2 Å². The topological polar surface area (TPSA) is 83.5 Å². The van der Waals surface area contributed by atoms with Gasteiger partial charge in [0.1, 0.15) is 0 Å². The average molecular weight is 349 g/mol. The Balaban J connectivity index is 1.84. The van der Waals surface area contributed by atoms with Gasteiger partial charge in [-0.3, -0.25) is 4.72 Å². The fourth-order valence-corrected chi connectivity index (χ4v) is 4.48. The Hall–Kier alpha value is -1.99. The number of fused-ring (bicyclic) bond motifs is 1. The number of aryl methyl sites for hydroxylation is 1. The number of sulfonamides is 1. The summed E-state index contributed by atoms with van der Waals surface area (Å²) >= 11 is 1.78. The zero-order chi connectivity index (χ0) is 16.4. The standard InChI is InChI=1S/C16H15NO4S2/c18-16(19)11-3-6-14(7-4-11)23(20,21)17-13-5-8-15-12(10-13)2-1-9-22-15/h3-8,10,17H,1-2,9H2,(H,18,19). The summed E-state index contributed by atoms with van der Waals surface area (Å²) in [6.07, 6.45) is 2.04. The molecule has 0 saturated carbocycles. The van der Waals surface area contributed by atoms with Crippen molar-refractivity contribution in [2.24, 2.45) is 0 Å². The summed E-state index contributed by atoms with van der Waals surface area (Å²) in [6, 6.07) is 10.7. The first-order valence-electron chi connectivity index (χ1n) is 7.08. The first kappa shape index (κ1) is 15.9. The normalized spacial score (nSPS) is 14.1. The fourth-order valence-electron chi connectivity index (χ4n) is 2.41. The van der Waals surface area contributed by atoms with Crippen molar-refractivity contribution < 1.29 is 18.3 Å². The Morgan fingerprint density at radius 3 is 2.57 bits per heavy atom. The van der Waals surface area contributed by atoms with Crippen molar-refractivity contribution in [1.29, 1.82) is 0 Å². The first-order valence-corrected chi connectivity index (χ1v) is 9.54. The maximum absolute atomic E-state index is 12.4. The molecule has 3 rings (SSSR count). The summed E-state index contributed by atoms with van der Waals surface area (Å²) in [5, 5.41) is 8.86. The fraction of sp³-hybridized carbons (Fsp3) is 0.188.